The second-order valence-electron chi connectivity index (χ2n) is 8.71. The average Bonchev–Trinajstić information content (AvgIpc) is 2.92. The number of rotatable bonds is 3. The first kappa shape index (κ1) is 21.5. The standard InChI is InChI=1S/C20H19F5N4O2S/c21-19(22)7-5-13-15(11-1-3-12(4-2-11)18(26)9-32(30,31)10-18)27-17(28-16(13)19)29-8-6-14(29)20(23,24)25/h1-4,14H,5-10,26H2/t14-/m1/s1. The van der Waals surface area contributed by atoms with Crippen molar-refractivity contribution in [3.63, 3.8) is 0 Å². The molecule has 6 nitrogen and oxygen atoms in total. The third-order valence-corrected chi connectivity index (χ3v) is 8.28. The Morgan fingerprint density at radius 3 is 2.28 bits per heavy atom. The Labute approximate surface area is 180 Å². The van der Waals surface area contributed by atoms with E-state index in [0.717, 1.165) is 4.90 Å². The molecular weight excluding hydrogens is 455 g/mol. The zero-order valence-electron chi connectivity index (χ0n) is 16.7. The van der Waals surface area contributed by atoms with Crippen LogP contribution in [0.2, 0.25) is 0 Å². The summed E-state index contributed by atoms with van der Waals surface area (Å²) in [5.74, 6) is -3.99. The smallest absolute Gasteiger partial charge is 0.329 e. The van der Waals surface area contributed by atoms with Crippen molar-refractivity contribution in [2.45, 2.75) is 42.9 Å². The molecular formula is C20H19F5N4O2S. The highest BCUT2D eigenvalue weighted by molar-refractivity contribution is 7.93. The van der Waals surface area contributed by atoms with Crippen molar-refractivity contribution in [1.29, 1.82) is 0 Å². The Morgan fingerprint density at radius 1 is 1.09 bits per heavy atom. The number of fused-ring (bicyclic) bond motifs is 1. The normalized spacial score (nSPS) is 25.1. The van der Waals surface area contributed by atoms with Gasteiger partial charge in [0.1, 0.15) is 11.7 Å². The van der Waals surface area contributed by atoms with Gasteiger partial charge in [0.15, 0.2) is 9.84 Å². The molecule has 1 aromatic carbocycles. The van der Waals surface area contributed by atoms with Crippen molar-refractivity contribution in [2.75, 3.05) is 23.0 Å². The summed E-state index contributed by atoms with van der Waals surface area (Å²) in [6.07, 6.45) is -5.14. The van der Waals surface area contributed by atoms with Crippen LogP contribution in [0.5, 0.6) is 0 Å². The maximum atomic E-state index is 14.5. The minimum Gasteiger partial charge on any atom is -0.329 e. The van der Waals surface area contributed by atoms with E-state index in [1.54, 1.807) is 24.3 Å². The summed E-state index contributed by atoms with van der Waals surface area (Å²) in [5, 5.41) is 0. The summed E-state index contributed by atoms with van der Waals surface area (Å²) < 4.78 is 91.7. The summed E-state index contributed by atoms with van der Waals surface area (Å²) in [5.41, 5.74) is 5.98. The molecule has 2 saturated heterocycles. The number of nitrogens with two attached hydrogens (primary N) is 1. The number of anilines is 1. The predicted octanol–water partition coefficient (Wildman–Crippen LogP) is 2.91. The Morgan fingerprint density at radius 2 is 1.75 bits per heavy atom. The second kappa shape index (κ2) is 6.60. The quantitative estimate of drug-likeness (QED) is 0.689. The van der Waals surface area contributed by atoms with Gasteiger partial charge in [-0.1, -0.05) is 24.3 Å². The molecule has 0 radical (unpaired) electrons. The minimum atomic E-state index is -4.51. The van der Waals surface area contributed by atoms with Gasteiger partial charge in [0.05, 0.1) is 22.7 Å². The molecule has 2 N–H and O–H groups in total. The highest BCUT2D eigenvalue weighted by atomic mass is 32.2. The van der Waals surface area contributed by atoms with E-state index in [0.29, 0.717) is 11.1 Å². The first-order chi connectivity index (χ1) is 14.8. The molecule has 0 amide bonds. The van der Waals surface area contributed by atoms with Crippen molar-refractivity contribution >= 4 is 15.8 Å². The number of hydrogen-bond donors (Lipinski definition) is 1. The zero-order chi connectivity index (χ0) is 23.1. The van der Waals surface area contributed by atoms with Gasteiger partial charge in [-0.25, -0.2) is 18.4 Å². The molecule has 2 aromatic rings. The van der Waals surface area contributed by atoms with Gasteiger partial charge in [-0.3, -0.25) is 0 Å². The van der Waals surface area contributed by atoms with Gasteiger partial charge in [0.2, 0.25) is 5.95 Å². The molecule has 2 aliphatic heterocycles. The molecule has 1 aliphatic carbocycles. The lowest BCUT2D eigenvalue weighted by atomic mass is 9.92. The predicted molar refractivity (Wildman–Crippen MR) is 106 cm³/mol. The van der Waals surface area contributed by atoms with Crippen LogP contribution in [0, 0.1) is 0 Å². The lowest BCUT2D eigenvalue weighted by Gasteiger charge is -2.42. The second-order valence-corrected chi connectivity index (χ2v) is 10.8. The van der Waals surface area contributed by atoms with Crippen LogP contribution >= 0.6 is 0 Å². The van der Waals surface area contributed by atoms with Gasteiger partial charge in [-0.15, -0.1) is 0 Å². The van der Waals surface area contributed by atoms with Gasteiger partial charge in [-0.2, -0.15) is 22.0 Å². The molecule has 1 aromatic heterocycles. The maximum Gasteiger partial charge on any atom is 0.408 e. The molecule has 32 heavy (non-hydrogen) atoms. The third-order valence-electron chi connectivity index (χ3n) is 6.37. The molecule has 2 fully saturated rings. The molecule has 172 valence electrons. The van der Waals surface area contributed by atoms with Gasteiger partial charge < -0.3 is 10.6 Å². The van der Waals surface area contributed by atoms with E-state index in [1.807, 2.05) is 0 Å². The number of halogens is 5. The van der Waals surface area contributed by atoms with Crippen LogP contribution in [0.25, 0.3) is 11.3 Å². The molecule has 5 rings (SSSR count). The van der Waals surface area contributed by atoms with Crippen LogP contribution in [-0.2, 0) is 27.7 Å². The molecule has 3 heterocycles. The Balaban J connectivity index is 1.55. The highest BCUT2D eigenvalue weighted by Crippen LogP contribution is 2.46. The molecule has 0 spiro atoms. The van der Waals surface area contributed by atoms with Crippen LogP contribution < -0.4 is 10.6 Å². The summed E-state index contributed by atoms with van der Waals surface area (Å²) >= 11 is 0. The topological polar surface area (TPSA) is 89.2 Å². The van der Waals surface area contributed by atoms with Gasteiger partial charge in [-0.05, 0) is 18.4 Å². The van der Waals surface area contributed by atoms with Crippen LogP contribution in [0.1, 0.15) is 29.7 Å². The number of nitrogens with zero attached hydrogens (tertiary/aromatic N) is 3. The molecule has 0 saturated carbocycles. The number of alkyl halides is 5. The number of aromatic nitrogens is 2. The highest BCUT2D eigenvalue weighted by Gasteiger charge is 2.51. The number of benzene rings is 1. The van der Waals surface area contributed by atoms with Crippen LogP contribution in [0.15, 0.2) is 24.3 Å². The number of sulfone groups is 1. The van der Waals surface area contributed by atoms with E-state index in [2.05, 4.69) is 9.97 Å². The summed E-state index contributed by atoms with van der Waals surface area (Å²) in [4.78, 5) is 9.02. The molecule has 0 unspecified atom stereocenters. The zero-order valence-corrected chi connectivity index (χ0v) is 17.5. The van der Waals surface area contributed by atoms with E-state index in [9.17, 15) is 30.4 Å². The fraction of sp³-hybridized carbons (Fsp3) is 0.500. The van der Waals surface area contributed by atoms with E-state index >= 15 is 0 Å². The lowest BCUT2D eigenvalue weighted by molar-refractivity contribution is -0.160. The van der Waals surface area contributed by atoms with Crippen molar-refractivity contribution in [1.82, 2.24) is 9.97 Å². The van der Waals surface area contributed by atoms with Gasteiger partial charge in [0.25, 0.3) is 5.92 Å². The third kappa shape index (κ3) is 3.35. The van der Waals surface area contributed by atoms with Gasteiger partial charge >= 0.3 is 6.18 Å². The van der Waals surface area contributed by atoms with Gasteiger partial charge in [0, 0.05) is 24.1 Å². The minimum absolute atomic E-state index is 0.00146. The maximum absolute atomic E-state index is 14.5. The lowest BCUT2D eigenvalue weighted by Crippen LogP contribution is -2.58. The average molecular weight is 474 g/mol. The van der Waals surface area contributed by atoms with Crippen molar-refractivity contribution in [3.8, 4) is 11.3 Å². The SMILES string of the molecule is NC1(c2ccc(-c3nc(N4CC[C@@H]4C(F)(F)F)nc4c3CCC4(F)F)cc2)CS(=O)(=O)C1. The van der Waals surface area contributed by atoms with Crippen LogP contribution in [-0.4, -0.2) is 48.7 Å². The Kier molecular flexibility index (Phi) is 4.43. The van der Waals surface area contributed by atoms with E-state index < -0.39 is 45.6 Å². The monoisotopic (exact) mass is 474 g/mol. The number of hydrogen-bond acceptors (Lipinski definition) is 6. The Hall–Kier alpha value is -2.34. The first-order valence-electron chi connectivity index (χ1n) is 10.0. The summed E-state index contributed by atoms with van der Waals surface area (Å²) in [7, 11) is -3.18. The van der Waals surface area contributed by atoms with Crippen molar-refractivity contribution < 1.29 is 30.4 Å². The van der Waals surface area contributed by atoms with Crippen LogP contribution in [0.4, 0.5) is 27.9 Å². The van der Waals surface area contributed by atoms with Crippen molar-refractivity contribution in [2.24, 2.45) is 5.73 Å². The fourth-order valence-electron chi connectivity index (χ4n) is 4.62. The summed E-state index contributed by atoms with van der Waals surface area (Å²) in [6.45, 7) is 0.0249. The molecule has 3 aliphatic rings. The largest absolute Gasteiger partial charge is 0.408 e. The fourth-order valence-corrected chi connectivity index (χ4v) is 6.43. The Bertz CT molecular complexity index is 1190. The van der Waals surface area contributed by atoms with Crippen LogP contribution in [0.3, 0.4) is 0 Å². The molecule has 0 bridgehead atoms. The molecule has 12 heteroatoms. The van der Waals surface area contributed by atoms with Crippen molar-refractivity contribution in [3.05, 3.63) is 41.1 Å². The molecule has 1 atom stereocenters. The first-order valence-corrected chi connectivity index (χ1v) is 11.8. The van der Waals surface area contributed by atoms with E-state index in [4.69, 9.17) is 5.73 Å². The summed E-state index contributed by atoms with van der Waals surface area (Å²) in [6, 6.07) is 4.56. The van der Waals surface area contributed by atoms with E-state index in [-0.39, 0.29) is 48.1 Å². The van der Waals surface area contributed by atoms with E-state index in [1.165, 1.54) is 0 Å².